The number of rotatable bonds is 1. The van der Waals surface area contributed by atoms with Crippen LogP contribution in [0.2, 0.25) is 0 Å². The smallest absolute Gasteiger partial charge is 0.234 e. The standard InChI is InChI=1S/C10H18N2O2/c13-9-4-1-3-8(9)12-6-2-5-11-10(14)7-12/h8-9,13H,1-7H2,(H,11,14). The number of carbonyl (C=O) groups excluding carboxylic acids is 1. The van der Waals surface area contributed by atoms with Crippen LogP contribution in [0.5, 0.6) is 0 Å². The second kappa shape index (κ2) is 4.28. The van der Waals surface area contributed by atoms with Gasteiger partial charge in [-0.3, -0.25) is 9.69 Å². The third-order valence-electron chi connectivity index (χ3n) is 3.20. The van der Waals surface area contributed by atoms with Crippen LogP contribution in [0.1, 0.15) is 25.7 Å². The van der Waals surface area contributed by atoms with Crippen molar-refractivity contribution in [3.8, 4) is 0 Å². The van der Waals surface area contributed by atoms with Crippen LogP contribution >= 0.6 is 0 Å². The summed E-state index contributed by atoms with van der Waals surface area (Å²) in [4.78, 5) is 13.5. The van der Waals surface area contributed by atoms with Crippen LogP contribution in [-0.2, 0) is 4.79 Å². The van der Waals surface area contributed by atoms with Gasteiger partial charge >= 0.3 is 0 Å². The third kappa shape index (κ3) is 2.07. The van der Waals surface area contributed by atoms with E-state index >= 15 is 0 Å². The summed E-state index contributed by atoms with van der Waals surface area (Å²) >= 11 is 0. The van der Waals surface area contributed by atoms with Crippen molar-refractivity contribution in [3.05, 3.63) is 0 Å². The molecule has 0 spiro atoms. The number of aliphatic hydroxyl groups is 1. The van der Waals surface area contributed by atoms with Crippen LogP contribution in [-0.4, -0.2) is 47.7 Å². The highest BCUT2D eigenvalue weighted by molar-refractivity contribution is 5.78. The van der Waals surface area contributed by atoms with Crippen molar-refractivity contribution >= 4 is 5.91 Å². The lowest BCUT2D eigenvalue weighted by Crippen LogP contribution is -2.43. The van der Waals surface area contributed by atoms with Crippen molar-refractivity contribution in [2.24, 2.45) is 0 Å². The Morgan fingerprint density at radius 1 is 1.36 bits per heavy atom. The molecule has 2 fully saturated rings. The fourth-order valence-corrected chi connectivity index (χ4v) is 2.46. The number of hydrogen-bond acceptors (Lipinski definition) is 3. The predicted molar refractivity (Wildman–Crippen MR) is 52.8 cm³/mol. The monoisotopic (exact) mass is 198 g/mol. The van der Waals surface area contributed by atoms with Gasteiger partial charge in [-0.1, -0.05) is 0 Å². The van der Waals surface area contributed by atoms with Gasteiger partial charge in [0.25, 0.3) is 0 Å². The number of nitrogens with one attached hydrogen (secondary N) is 1. The number of carbonyl (C=O) groups is 1. The van der Waals surface area contributed by atoms with Crippen molar-refractivity contribution in [2.45, 2.75) is 37.8 Å². The molecular weight excluding hydrogens is 180 g/mol. The van der Waals surface area contributed by atoms with Crippen LogP contribution in [0, 0.1) is 0 Å². The van der Waals surface area contributed by atoms with E-state index in [-0.39, 0.29) is 18.1 Å². The quantitative estimate of drug-likeness (QED) is 0.609. The predicted octanol–water partition coefficient (Wildman–Crippen LogP) is -0.278. The maximum atomic E-state index is 11.3. The minimum absolute atomic E-state index is 0.0987. The molecule has 1 aliphatic carbocycles. The number of amides is 1. The number of hydrogen-bond donors (Lipinski definition) is 2. The van der Waals surface area contributed by atoms with E-state index in [1.54, 1.807) is 0 Å². The maximum Gasteiger partial charge on any atom is 0.234 e. The summed E-state index contributed by atoms with van der Waals surface area (Å²) in [5, 5.41) is 12.6. The highest BCUT2D eigenvalue weighted by Crippen LogP contribution is 2.24. The number of aliphatic hydroxyl groups excluding tert-OH is 1. The van der Waals surface area contributed by atoms with Crippen molar-refractivity contribution in [1.82, 2.24) is 10.2 Å². The first-order valence-corrected chi connectivity index (χ1v) is 5.46. The maximum absolute atomic E-state index is 11.3. The molecule has 1 saturated heterocycles. The molecule has 0 aromatic rings. The zero-order valence-corrected chi connectivity index (χ0v) is 8.41. The molecule has 2 atom stereocenters. The van der Waals surface area contributed by atoms with E-state index in [0.29, 0.717) is 6.54 Å². The normalized spacial score (nSPS) is 35.4. The molecule has 2 aliphatic rings. The van der Waals surface area contributed by atoms with Gasteiger partial charge in [0.05, 0.1) is 12.6 Å². The van der Waals surface area contributed by atoms with Crippen molar-refractivity contribution in [3.63, 3.8) is 0 Å². The minimum Gasteiger partial charge on any atom is -0.391 e. The molecule has 1 heterocycles. The SMILES string of the molecule is O=C1CN(C2CCCC2O)CCCN1. The fourth-order valence-electron chi connectivity index (χ4n) is 2.46. The third-order valence-corrected chi connectivity index (χ3v) is 3.20. The Balaban J connectivity index is 1.97. The van der Waals surface area contributed by atoms with E-state index in [4.69, 9.17) is 0 Å². The zero-order valence-electron chi connectivity index (χ0n) is 8.41. The highest BCUT2D eigenvalue weighted by atomic mass is 16.3. The zero-order chi connectivity index (χ0) is 9.97. The molecule has 1 saturated carbocycles. The van der Waals surface area contributed by atoms with Gasteiger partial charge in [0.1, 0.15) is 0 Å². The van der Waals surface area contributed by atoms with E-state index in [1.807, 2.05) is 0 Å². The molecule has 2 N–H and O–H groups in total. The van der Waals surface area contributed by atoms with Crippen LogP contribution in [0.3, 0.4) is 0 Å². The minimum atomic E-state index is -0.221. The molecule has 0 radical (unpaired) electrons. The molecule has 2 unspecified atom stereocenters. The molecule has 80 valence electrons. The van der Waals surface area contributed by atoms with E-state index in [2.05, 4.69) is 10.2 Å². The van der Waals surface area contributed by atoms with Gasteiger partial charge in [0, 0.05) is 19.1 Å². The summed E-state index contributed by atoms with van der Waals surface area (Å²) in [6.45, 7) is 2.17. The Morgan fingerprint density at radius 3 is 2.93 bits per heavy atom. The van der Waals surface area contributed by atoms with Crippen molar-refractivity contribution in [2.75, 3.05) is 19.6 Å². The van der Waals surface area contributed by atoms with Gasteiger partial charge in [-0.25, -0.2) is 0 Å². The lowest BCUT2D eigenvalue weighted by molar-refractivity contribution is -0.122. The van der Waals surface area contributed by atoms with Crippen LogP contribution in [0.4, 0.5) is 0 Å². The summed E-state index contributed by atoms with van der Waals surface area (Å²) in [7, 11) is 0. The van der Waals surface area contributed by atoms with E-state index in [1.165, 1.54) is 0 Å². The van der Waals surface area contributed by atoms with Crippen LogP contribution in [0.15, 0.2) is 0 Å². The van der Waals surface area contributed by atoms with Crippen molar-refractivity contribution in [1.29, 1.82) is 0 Å². The van der Waals surface area contributed by atoms with Gasteiger partial charge < -0.3 is 10.4 Å². The fraction of sp³-hybridized carbons (Fsp3) is 0.900. The molecule has 0 bridgehead atoms. The molecule has 0 aromatic carbocycles. The Bertz CT molecular complexity index is 220. The largest absolute Gasteiger partial charge is 0.391 e. The van der Waals surface area contributed by atoms with Gasteiger partial charge in [0.2, 0.25) is 5.91 Å². The van der Waals surface area contributed by atoms with E-state index in [0.717, 1.165) is 38.8 Å². The summed E-state index contributed by atoms with van der Waals surface area (Å²) < 4.78 is 0. The van der Waals surface area contributed by atoms with Gasteiger partial charge in [0.15, 0.2) is 0 Å². The van der Waals surface area contributed by atoms with Gasteiger partial charge in [-0.2, -0.15) is 0 Å². The molecular formula is C10H18N2O2. The first-order chi connectivity index (χ1) is 6.77. The Morgan fingerprint density at radius 2 is 2.21 bits per heavy atom. The van der Waals surface area contributed by atoms with Crippen LogP contribution in [0.25, 0.3) is 0 Å². The van der Waals surface area contributed by atoms with Crippen LogP contribution < -0.4 is 5.32 Å². The molecule has 1 amide bonds. The summed E-state index contributed by atoms with van der Waals surface area (Å²) in [6.07, 6.45) is 3.79. The molecule has 4 heteroatoms. The topological polar surface area (TPSA) is 52.6 Å². The molecule has 0 aromatic heterocycles. The van der Waals surface area contributed by atoms with Gasteiger partial charge in [-0.05, 0) is 25.7 Å². The average Bonchev–Trinajstić information content (AvgIpc) is 2.45. The van der Waals surface area contributed by atoms with Gasteiger partial charge in [-0.15, -0.1) is 0 Å². The van der Waals surface area contributed by atoms with Crippen molar-refractivity contribution < 1.29 is 9.90 Å². The first-order valence-electron chi connectivity index (χ1n) is 5.46. The summed E-state index contributed by atoms with van der Waals surface area (Å²) in [6, 6.07) is 0.221. The second-order valence-electron chi connectivity index (χ2n) is 4.24. The lowest BCUT2D eigenvalue weighted by Gasteiger charge is -2.28. The summed E-state index contributed by atoms with van der Waals surface area (Å²) in [5.74, 6) is 0.0987. The highest BCUT2D eigenvalue weighted by Gasteiger charge is 2.32. The molecule has 2 rings (SSSR count). The first kappa shape index (κ1) is 9.93. The lowest BCUT2D eigenvalue weighted by atomic mass is 10.1. The average molecular weight is 198 g/mol. The Hall–Kier alpha value is -0.610. The molecule has 4 nitrogen and oxygen atoms in total. The van der Waals surface area contributed by atoms with E-state index < -0.39 is 0 Å². The molecule has 1 aliphatic heterocycles. The Labute approximate surface area is 84.3 Å². The Kier molecular flexibility index (Phi) is 3.03. The second-order valence-corrected chi connectivity index (χ2v) is 4.24. The number of nitrogens with zero attached hydrogens (tertiary/aromatic N) is 1. The summed E-state index contributed by atoms with van der Waals surface area (Å²) in [5.41, 5.74) is 0. The van der Waals surface area contributed by atoms with E-state index in [9.17, 15) is 9.90 Å². The molecule has 14 heavy (non-hydrogen) atoms.